The second kappa shape index (κ2) is 10.4. The first-order valence-corrected chi connectivity index (χ1v) is 10.5. The number of hydrogen-bond acceptors (Lipinski definition) is 11. The van der Waals surface area contributed by atoms with Crippen molar-refractivity contribution in [1.29, 1.82) is 0 Å². The summed E-state index contributed by atoms with van der Waals surface area (Å²) in [6, 6.07) is 9.65. The van der Waals surface area contributed by atoms with Crippen LogP contribution >= 0.6 is 0 Å². The summed E-state index contributed by atoms with van der Waals surface area (Å²) >= 11 is 0. The van der Waals surface area contributed by atoms with Crippen LogP contribution in [0.4, 0.5) is 10.2 Å². The maximum Gasteiger partial charge on any atom is 0.343 e. The Labute approximate surface area is 202 Å². The molecule has 4 aromatic rings. The zero-order valence-corrected chi connectivity index (χ0v) is 19.0. The lowest BCUT2D eigenvalue weighted by atomic mass is 10.2. The molecule has 2 aromatic carbocycles. The molecule has 1 amide bonds. The summed E-state index contributed by atoms with van der Waals surface area (Å²) in [6.07, 6.45) is 1.36. The summed E-state index contributed by atoms with van der Waals surface area (Å²) in [5, 5.41) is 18.7. The smallest absolute Gasteiger partial charge is 0.343 e. The van der Waals surface area contributed by atoms with Gasteiger partial charge in [0.2, 0.25) is 11.6 Å². The zero-order chi connectivity index (χ0) is 25.7. The fourth-order valence-corrected chi connectivity index (χ4v) is 3.02. The summed E-state index contributed by atoms with van der Waals surface area (Å²) < 4.78 is 29.7. The number of aryl methyl sites for hydroxylation is 1. The summed E-state index contributed by atoms with van der Waals surface area (Å²) in [6.45, 7) is 3.64. The number of halogens is 1. The molecule has 0 aliphatic rings. The van der Waals surface area contributed by atoms with Gasteiger partial charge in [-0.1, -0.05) is 5.21 Å². The minimum Gasteiger partial charge on any atom is -0.490 e. The van der Waals surface area contributed by atoms with Crippen LogP contribution in [0.25, 0.3) is 5.82 Å². The highest BCUT2D eigenvalue weighted by Crippen LogP contribution is 2.29. The van der Waals surface area contributed by atoms with Gasteiger partial charge in [-0.15, -0.1) is 5.10 Å². The number of nitrogens with two attached hydrogens (primary N) is 1. The van der Waals surface area contributed by atoms with E-state index in [0.717, 1.165) is 16.8 Å². The molecule has 2 aromatic heterocycles. The van der Waals surface area contributed by atoms with Gasteiger partial charge in [0.05, 0.1) is 24.1 Å². The number of benzene rings is 2. The van der Waals surface area contributed by atoms with E-state index in [-0.39, 0.29) is 34.4 Å². The van der Waals surface area contributed by atoms with Crippen molar-refractivity contribution in [2.75, 3.05) is 12.3 Å². The van der Waals surface area contributed by atoms with Gasteiger partial charge in [0.25, 0.3) is 5.91 Å². The van der Waals surface area contributed by atoms with E-state index in [2.05, 4.69) is 35.8 Å². The standard InChI is InChI=1S/C22H19FN8O5/c1-3-34-17-10-13(4-9-16(17)35-22(33)14-5-7-15(23)8-6-14)11-25-27-21(32)18-12(2)26-30-31(18)20-19(24)28-36-29-20/h4-11H,3H2,1-2H3,(H2,24,28)(H,27,32)/b25-11+. The third-order valence-electron chi connectivity index (χ3n) is 4.68. The summed E-state index contributed by atoms with van der Waals surface area (Å²) in [4.78, 5) is 25.1. The molecular formula is C22H19FN8O5. The molecule has 184 valence electrons. The molecule has 0 bridgehead atoms. The van der Waals surface area contributed by atoms with Crippen molar-refractivity contribution >= 4 is 23.9 Å². The molecule has 3 N–H and O–H groups in total. The largest absolute Gasteiger partial charge is 0.490 e. The molecule has 36 heavy (non-hydrogen) atoms. The highest BCUT2D eigenvalue weighted by atomic mass is 19.1. The molecule has 13 nitrogen and oxygen atoms in total. The molecular weight excluding hydrogens is 475 g/mol. The topological polar surface area (TPSA) is 173 Å². The van der Waals surface area contributed by atoms with Gasteiger partial charge in [0.15, 0.2) is 17.2 Å². The Morgan fingerprint density at radius 3 is 2.67 bits per heavy atom. The van der Waals surface area contributed by atoms with Crippen molar-refractivity contribution in [2.24, 2.45) is 5.10 Å². The number of ether oxygens (including phenoxy) is 2. The van der Waals surface area contributed by atoms with Crippen LogP contribution in [0, 0.1) is 12.7 Å². The van der Waals surface area contributed by atoms with Crippen LogP contribution in [0.3, 0.4) is 0 Å². The molecule has 0 fully saturated rings. The monoisotopic (exact) mass is 494 g/mol. The Morgan fingerprint density at radius 2 is 1.97 bits per heavy atom. The fraction of sp³-hybridized carbons (Fsp3) is 0.136. The van der Waals surface area contributed by atoms with Crippen LogP contribution in [-0.2, 0) is 0 Å². The third-order valence-corrected chi connectivity index (χ3v) is 4.68. The van der Waals surface area contributed by atoms with E-state index in [0.29, 0.717) is 17.9 Å². The maximum atomic E-state index is 13.1. The Bertz CT molecular complexity index is 1430. The van der Waals surface area contributed by atoms with Gasteiger partial charge in [-0.25, -0.2) is 19.2 Å². The predicted molar refractivity (Wildman–Crippen MR) is 122 cm³/mol. The Morgan fingerprint density at radius 1 is 1.19 bits per heavy atom. The first-order valence-electron chi connectivity index (χ1n) is 10.5. The van der Waals surface area contributed by atoms with E-state index < -0.39 is 17.7 Å². The van der Waals surface area contributed by atoms with Crippen LogP contribution < -0.4 is 20.6 Å². The van der Waals surface area contributed by atoms with Gasteiger partial charge in [0.1, 0.15) is 5.82 Å². The number of hydrazone groups is 1. The van der Waals surface area contributed by atoms with Crippen LogP contribution in [0.2, 0.25) is 0 Å². The fourth-order valence-electron chi connectivity index (χ4n) is 3.02. The van der Waals surface area contributed by atoms with E-state index in [1.807, 2.05) is 0 Å². The number of nitrogens with zero attached hydrogens (tertiary/aromatic N) is 6. The molecule has 0 radical (unpaired) electrons. The molecule has 0 aliphatic heterocycles. The third kappa shape index (κ3) is 5.16. The number of hydrogen-bond donors (Lipinski definition) is 2. The molecule has 4 rings (SSSR count). The predicted octanol–water partition coefficient (Wildman–Crippen LogP) is 2.06. The molecule has 0 spiro atoms. The number of aromatic nitrogens is 5. The summed E-state index contributed by atoms with van der Waals surface area (Å²) in [5.74, 6) is -1.39. The second-order valence-corrected chi connectivity index (χ2v) is 7.14. The number of nitrogen functional groups attached to an aromatic ring is 1. The van der Waals surface area contributed by atoms with E-state index in [4.69, 9.17) is 15.2 Å². The SMILES string of the molecule is CCOc1cc(/C=N/NC(=O)c2c(C)nnn2-c2nonc2N)ccc1OC(=O)c1ccc(F)cc1. The number of amides is 1. The normalized spacial score (nSPS) is 11.0. The summed E-state index contributed by atoms with van der Waals surface area (Å²) in [5.41, 5.74) is 9.10. The molecule has 2 heterocycles. The van der Waals surface area contributed by atoms with Crippen molar-refractivity contribution in [3.05, 3.63) is 70.8 Å². The average Bonchev–Trinajstić information content (AvgIpc) is 3.45. The molecule has 14 heteroatoms. The highest BCUT2D eigenvalue weighted by Gasteiger charge is 2.22. The molecule has 0 atom stereocenters. The van der Waals surface area contributed by atoms with Crippen molar-refractivity contribution in [1.82, 2.24) is 30.7 Å². The number of carbonyl (C=O) groups is 2. The first-order chi connectivity index (χ1) is 17.4. The van der Waals surface area contributed by atoms with E-state index >= 15 is 0 Å². The number of rotatable bonds is 8. The van der Waals surface area contributed by atoms with Crippen LogP contribution in [0.1, 0.15) is 39.0 Å². The molecule has 0 saturated heterocycles. The van der Waals surface area contributed by atoms with Gasteiger partial charge in [0, 0.05) is 0 Å². The van der Waals surface area contributed by atoms with Gasteiger partial charge in [-0.3, -0.25) is 4.79 Å². The van der Waals surface area contributed by atoms with Crippen LogP contribution in [0.5, 0.6) is 11.5 Å². The minimum absolute atomic E-state index is 0.0110. The average molecular weight is 494 g/mol. The molecule has 0 saturated carbocycles. The first kappa shape index (κ1) is 24.0. The number of nitrogens with one attached hydrogen (secondary N) is 1. The van der Waals surface area contributed by atoms with Crippen molar-refractivity contribution in [2.45, 2.75) is 13.8 Å². The lowest BCUT2D eigenvalue weighted by molar-refractivity contribution is 0.0728. The number of esters is 1. The van der Waals surface area contributed by atoms with Gasteiger partial charge >= 0.3 is 5.97 Å². The van der Waals surface area contributed by atoms with Crippen LogP contribution in [0.15, 0.2) is 52.2 Å². The second-order valence-electron chi connectivity index (χ2n) is 7.14. The molecule has 0 aliphatic carbocycles. The quantitative estimate of drug-likeness (QED) is 0.160. The van der Waals surface area contributed by atoms with E-state index in [9.17, 15) is 14.0 Å². The minimum atomic E-state index is -0.673. The lowest BCUT2D eigenvalue weighted by Crippen LogP contribution is -2.22. The molecule has 0 unspecified atom stereocenters. The van der Waals surface area contributed by atoms with Crippen molar-refractivity contribution < 1.29 is 28.1 Å². The lowest BCUT2D eigenvalue weighted by Gasteiger charge is -2.11. The van der Waals surface area contributed by atoms with Gasteiger partial charge < -0.3 is 15.2 Å². The Hall–Kier alpha value is -5.14. The van der Waals surface area contributed by atoms with Crippen molar-refractivity contribution in [3.8, 4) is 17.3 Å². The maximum absolute atomic E-state index is 13.1. The van der Waals surface area contributed by atoms with Gasteiger partial charge in [-0.05, 0) is 72.2 Å². The number of carbonyl (C=O) groups excluding carboxylic acids is 2. The van der Waals surface area contributed by atoms with E-state index in [1.165, 1.54) is 24.4 Å². The van der Waals surface area contributed by atoms with Crippen molar-refractivity contribution in [3.63, 3.8) is 0 Å². The zero-order valence-electron chi connectivity index (χ0n) is 19.0. The number of anilines is 1. The highest BCUT2D eigenvalue weighted by molar-refractivity contribution is 5.95. The van der Waals surface area contributed by atoms with E-state index in [1.54, 1.807) is 26.0 Å². The Balaban J connectivity index is 1.48. The van der Waals surface area contributed by atoms with Gasteiger partial charge in [-0.2, -0.15) is 9.78 Å². The summed E-state index contributed by atoms with van der Waals surface area (Å²) in [7, 11) is 0. The Kier molecular flexibility index (Phi) is 6.95. The van der Waals surface area contributed by atoms with Crippen LogP contribution in [-0.4, -0.2) is 50.0 Å².